The van der Waals surface area contributed by atoms with E-state index in [-0.39, 0.29) is 18.2 Å². The van der Waals surface area contributed by atoms with Crippen LogP contribution in [0.3, 0.4) is 0 Å². The highest BCUT2D eigenvalue weighted by molar-refractivity contribution is 5.98. The molecule has 1 heterocycles. The lowest BCUT2D eigenvalue weighted by Gasteiger charge is -2.04. The Labute approximate surface area is 86.6 Å². The molecule has 1 aromatic heterocycles. The molecular weight excluding hydrogens is 198 g/mol. The second kappa shape index (κ2) is 5.63. The number of hydrogen-bond donors (Lipinski definition) is 3. The number of carbonyl (C=O) groups is 1. The number of nitrogens with two attached hydrogens (primary N) is 1. The van der Waals surface area contributed by atoms with E-state index in [1.807, 2.05) is 0 Å². The van der Waals surface area contributed by atoms with Crippen molar-refractivity contribution in [1.29, 1.82) is 0 Å². The van der Waals surface area contributed by atoms with Crippen molar-refractivity contribution in [3.63, 3.8) is 0 Å². The van der Waals surface area contributed by atoms with Gasteiger partial charge >= 0.3 is 0 Å². The zero-order valence-corrected chi connectivity index (χ0v) is 8.13. The highest BCUT2D eigenvalue weighted by Gasteiger charge is 2.03. The number of nitrogens with one attached hydrogen (secondary N) is 1. The van der Waals surface area contributed by atoms with E-state index in [1.54, 1.807) is 23.1 Å². The Hall–Kier alpha value is -2.05. The summed E-state index contributed by atoms with van der Waals surface area (Å²) in [6.07, 6.45) is 3.36. The van der Waals surface area contributed by atoms with Crippen molar-refractivity contribution >= 4 is 11.7 Å². The largest absolute Gasteiger partial charge is 0.409 e. The Morgan fingerprint density at radius 1 is 1.67 bits per heavy atom. The predicted octanol–water partition coefficient (Wildman–Crippen LogP) is -0.864. The number of amides is 1. The van der Waals surface area contributed by atoms with Gasteiger partial charge in [-0.05, 0) is 6.07 Å². The molecule has 0 unspecified atom stereocenters. The molecule has 1 amide bonds. The van der Waals surface area contributed by atoms with Crippen molar-refractivity contribution in [3.8, 4) is 0 Å². The Kier molecular flexibility index (Phi) is 4.14. The maximum absolute atomic E-state index is 11.1. The van der Waals surface area contributed by atoms with E-state index in [2.05, 4.69) is 15.6 Å². The molecule has 0 atom stereocenters. The van der Waals surface area contributed by atoms with Gasteiger partial charge < -0.3 is 16.3 Å². The van der Waals surface area contributed by atoms with Gasteiger partial charge in [0.15, 0.2) is 0 Å². The van der Waals surface area contributed by atoms with Gasteiger partial charge in [-0.25, -0.2) is 0 Å². The summed E-state index contributed by atoms with van der Waals surface area (Å²) in [6, 6.07) is 1.80. The van der Waals surface area contributed by atoms with Gasteiger partial charge in [0.1, 0.15) is 5.84 Å². The standard InChI is InChI=1S/C8H13N5O2/c9-7(12-15)6-8(14)10-3-5-13-4-1-2-11-13/h1-2,4,15H,3,5-6H2,(H2,9,12)(H,10,14). The van der Waals surface area contributed by atoms with Crippen LogP contribution in [0.2, 0.25) is 0 Å². The van der Waals surface area contributed by atoms with Gasteiger partial charge in [0.25, 0.3) is 0 Å². The summed E-state index contributed by atoms with van der Waals surface area (Å²) in [5, 5.41) is 17.5. The maximum Gasteiger partial charge on any atom is 0.227 e. The number of rotatable bonds is 5. The van der Waals surface area contributed by atoms with Crippen LogP contribution in [0, 0.1) is 0 Å². The summed E-state index contributed by atoms with van der Waals surface area (Å²) in [7, 11) is 0. The molecule has 0 fully saturated rings. The summed E-state index contributed by atoms with van der Waals surface area (Å²) in [5.74, 6) is -0.385. The van der Waals surface area contributed by atoms with Gasteiger partial charge in [-0.2, -0.15) is 5.10 Å². The van der Waals surface area contributed by atoms with Crippen molar-refractivity contribution < 1.29 is 10.0 Å². The third-order valence-electron chi connectivity index (χ3n) is 1.69. The Morgan fingerprint density at radius 3 is 3.07 bits per heavy atom. The van der Waals surface area contributed by atoms with Crippen LogP contribution in [0.25, 0.3) is 0 Å². The van der Waals surface area contributed by atoms with Crippen LogP contribution in [0.5, 0.6) is 0 Å². The van der Waals surface area contributed by atoms with Crippen LogP contribution < -0.4 is 11.1 Å². The quantitative estimate of drug-likeness (QED) is 0.255. The average molecular weight is 211 g/mol. The van der Waals surface area contributed by atoms with E-state index in [0.717, 1.165) is 0 Å². The third-order valence-corrected chi connectivity index (χ3v) is 1.69. The summed E-state index contributed by atoms with van der Waals surface area (Å²) in [6.45, 7) is 1.05. The van der Waals surface area contributed by atoms with Crippen LogP contribution in [0.15, 0.2) is 23.6 Å². The van der Waals surface area contributed by atoms with Crippen LogP contribution in [-0.4, -0.2) is 33.3 Å². The fourth-order valence-corrected chi connectivity index (χ4v) is 1.00. The second-order valence-corrected chi connectivity index (χ2v) is 2.89. The molecule has 7 nitrogen and oxygen atoms in total. The zero-order valence-electron chi connectivity index (χ0n) is 8.13. The van der Waals surface area contributed by atoms with Crippen molar-refractivity contribution in [2.75, 3.05) is 6.54 Å². The number of nitrogens with zero attached hydrogens (tertiary/aromatic N) is 3. The highest BCUT2D eigenvalue weighted by Crippen LogP contribution is 1.84. The maximum atomic E-state index is 11.1. The van der Waals surface area contributed by atoms with Crippen LogP contribution >= 0.6 is 0 Å². The smallest absolute Gasteiger partial charge is 0.227 e. The van der Waals surface area contributed by atoms with Crippen molar-refractivity contribution in [3.05, 3.63) is 18.5 Å². The Morgan fingerprint density at radius 2 is 2.47 bits per heavy atom. The van der Waals surface area contributed by atoms with Crippen molar-refractivity contribution in [2.24, 2.45) is 10.9 Å². The predicted molar refractivity (Wildman–Crippen MR) is 53.3 cm³/mol. The minimum atomic E-state index is -0.280. The summed E-state index contributed by atoms with van der Waals surface area (Å²) >= 11 is 0. The minimum absolute atomic E-state index is 0.102. The molecule has 0 radical (unpaired) electrons. The first-order valence-corrected chi connectivity index (χ1v) is 4.43. The summed E-state index contributed by atoms with van der Waals surface area (Å²) < 4.78 is 1.70. The van der Waals surface area contributed by atoms with Gasteiger partial charge in [-0.1, -0.05) is 5.16 Å². The van der Waals surface area contributed by atoms with Gasteiger partial charge in [0, 0.05) is 18.9 Å². The van der Waals surface area contributed by atoms with E-state index in [9.17, 15) is 4.79 Å². The molecule has 4 N–H and O–H groups in total. The number of hydrogen-bond acceptors (Lipinski definition) is 4. The molecule has 0 saturated heterocycles. The van der Waals surface area contributed by atoms with Crippen LogP contribution in [-0.2, 0) is 11.3 Å². The fraction of sp³-hybridized carbons (Fsp3) is 0.375. The van der Waals surface area contributed by atoms with Crippen molar-refractivity contribution in [2.45, 2.75) is 13.0 Å². The lowest BCUT2D eigenvalue weighted by Crippen LogP contribution is -2.31. The Balaban J connectivity index is 2.18. The molecule has 0 aliphatic carbocycles. The molecular formula is C8H13N5O2. The molecule has 82 valence electrons. The lowest BCUT2D eigenvalue weighted by molar-refractivity contribution is -0.119. The molecule has 0 aliphatic rings. The highest BCUT2D eigenvalue weighted by atomic mass is 16.4. The number of aromatic nitrogens is 2. The van der Waals surface area contributed by atoms with Gasteiger partial charge in [0.05, 0.1) is 13.0 Å². The molecule has 0 saturated carbocycles. The molecule has 15 heavy (non-hydrogen) atoms. The molecule has 0 aromatic carbocycles. The van der Waals surface area contributed by atoms with Gasteiger partial charge in [0.2, 0.25) is 5.91 Å². The fourth-order valence-electron chi connectivity index (χ4n) is 1.00. The molecule has 1 aromatic rings. The Bertz CT molecular complexity index is 333. The average Bonchev–Trinajstić information content (AvgIpc) is 2.70. The van der Waals surface area contributed by atoms with E-state index in [4.69, 9.17) is 10.9 Å². The molecule has 0 aliphatic heterocycles. The topological polar surface area (TPSA) is 106 Å². The van der Waals surface area contributed by atoms with Crippen LogP contribution in [0.1, 0.15) is 6.42 Å². The second-order valence-electron chi connectivity index (χ2n) is 2.89. The van der Waals surface area contributed by atoms with Gasteiger partial charge in [-0.15, -0.1) is 0 Å². The van der Waals surface area contributed by atoms with Crippen LogP contribution in [0.4, 0.5) is 0 Å². The van der Waals surface area contributed by atoms with E-state index in [1.165, 1.54) is 0 Å². The first-order chi connectivity index (χ1) is 7.22. The normalized spacial score (nSPS) is 11.3. The number of carbonyl (C=O) groups excluding carboxylic acids is 1. The number of oxime groups is 1. The molecule has 0 bridgehead atoms. The monoisotopic (exact) mass is 211 g/mol. The summed E-state index contributed by atoms with van der Waals surface area (Å²) in [4.78, 5) is 11.1. The molecule has 0 spiro atoms. The first-order valence-electron chi connectivity index (χ1n) is 4.43. The zero-order chi connectivity index (χ0) is 11.1. The van der Waals surface area contributed by atoms with Gasteiger partial charge in [-0.3, -0.25) is 9.48 Å². The van der Waals surface area contributed by atoms with Crippen molar-refractivity contribution in [1.82, 2.24) is 15.1 Å². The first kappa shape index (κ1) is 11.0. The van der Waals surface area contributed by atoms with E-state index in [0.29, 0.717) is 13.1 Å². The third kappa shape index (κ3) is 4.12. The number of amidine groups is 1. The molecule has 7 heteroatoms. The lowest BCUT2D eigenvalue weighted by atomic mass is 10.4. The van der Waals surface area contributed by atoms with E-state index >= 15 is 0 Å². The van der Waals surface area contributed by atoms with E-state index < -0.39 is 0 Å². The summed E-state index contributed by atoms with van der Waals surface area (Å²) in [5.41, 5.74) is 5.16. The molecule has 1 rings (SSSR count). The minimum Gasteiger partial charge on any atom is -0.409 e. The SMILES string of the molecule is NC(CC(=O)NCCn1cccn1)=NO.